The SMILES string of the molecule is O=C1C2CCCN2C(=O)CCN1CC1CCS(=O)(=O)C1. The minimum absolute atomic E-state index is 0.0117. The van der Waals surface area contributed by atoms with Gasteiger partial charge in [0.05, 0.1) is 11.5 Å². The van der Waals surface area contributed by atoms with Crippen molar-refractivity contribution in [2.24, 2.45) is 5.92 Å². The van der Waals surface area contributed by atoms with E-state index in [1.165, 1.54) is 0 Å². The Balaban J connectivity index is 1.70. The third-order valence-corrected chi connectivity index (χ3v) is 6.41. The van der Waals surface area contributed by atoms with Gasteiger partial charge in [-0.3, -0.25) is 9.59 Å². The lowest BCUT2D eigenvalue weighted by atomic mass is 10.1. The van der Waals surface area contributed by atoms with Gasteiger partial charge in [0.15, 0.2) is 9.84 Å². The van der Waals surface area contributed by atoms with E-state index >= 15 is 0 Å². The van der Waals surface area contributed by atoms with Crippen molar-refractivity contribution in [3.8, 4) is 0 Å². The number of amides is 2. The minimum Gasteiger partial charge on any atom is -0.340 e. The summed E-state index contributed by atoms with van der Waals surface area (Å²) in [5.41, 5.74) is 0. The van der Waals surface area contributed by atoms with E-state index in [0.29, 0.717) is 32.5 Å². The maximum absolute atomic E-state index is 12.5. The Morgan fingerprint density at radius 3 is 2.65 bits per heavy atom. The Hall–Kier alpha value is -1.11. The van der Waals surface area contributed by atoms with Gasteiger partial charge >= 0.3 is 0 Å². The molecule has 0 aromatic heterocycles. The van der Waals surface area contributed by atoms with Crippen LogP contribution < -0.4 is 0 Å². The molecule has 0 aromatic carbocycles. The molecule has 0 N–H and O–H groups in total. The number of nitrogens with zero attached hydrogens (tertiary/aromatic N) is 2. The molecule has 7 heteroatoms. The predicted molar refractivity (Wildman–Crippen MR) is 72.7 cm³/mol. The summed E-state index contributed by atoms with van der Waals surface area (Å²) in [6.45, 7) is 1.60. The fourth-order valence-electron chi connectivity index (χ4n) is 3.53. The number of rotatable bonds is 2. The lowest BCUT2D eigenvalue weighted by molar-refractivity contribution is -0.139. The smallest absolute Gasteiger partial charge is 0.245 e. The summed E-state index contributed by atoms with van der Waals surface area (Å²) in [4.78, 5) is 27.9. The lowest BCUT2D eigenvalue weighted by Crippen LogP contribution is -2.45. The second-order valence-corrected chi connectivity index (χ2v) is 8.28. The largest absolute Gasteiger partial charge is 0.340 e. The van der Waals surface area contributed by atoms with Crippen LogP contribution >= 0.6 is 0 Å². The summed E-state index contributed by atoms with van der Waals surface area (Å²) >= 11 is 0. The second-order valence-electron chi connectivity index (χ2n) is 6.05. The molecule has 3 saturated heterocycles. The monoisotopic (exact) mass is 300 g/mol. The normalized spacial score (nSPS) is 33.4. The zero-order chi connectivity index (χ0) is 14.3. The first-order valence-corrected chi connectivity index (χ1v) is 9.07. The lowest BCUT2D eigenvalue weighted by Gasteiger charge is -2.27. The molecule has 0 aliphatic carbocycles. The number of carbonyl (C=O) groups excluding carboxylic acids is 2. The Labute approximate surface area is 119 Å². The number of fused-ring (bicyclic) bond motifs is 1. The minimum atomic E-state index is -2.92. The Bertz CT molecular complexity index is 530. The Kier molecular flexibility index (Phi) is 3.48. The topological polar surface area (TPSA) is 74.8 Å². The number of carbonyl (C=O) groups is 2. The van der Waals surface area contributed by atoms with Crippen molar-refractivity contribution in [3.05, 3.63) is 0 Å². The van der Waals surface area contributed by atoms with Crippen molar-refractivity contribution in [1.29, 1.82) is 0 Å². The van der Waals surface area contributed by atoms with E-state index in [-0.39, 0.29) is 35.3 Å². The van der Waals surface area contributed by atoms with Crippen LogP contribution in [0.1, 0.15) is 25.7 Å². The summed E-state index contributed by atoms with van der Waals surface area (Å²) in [5.74, 6) is 0.514. The first-order valence-electron chi connectivity index (χ1n) is 7.25. The van der Waals surface area contributed by atoms with E-state index in [0.717, 1.165) is 12.8 Å². The molecular weight excluding hydrogens is 280 g/mol. The van der Waals surface area contributed by atoms with Crippen LogP contribution in [0.4, 0.5) is 0 Å². The van der Waals surface area contributed by atoms with Gasteiger partial charge in [-0.05, 0) is 25.2 Å². The van der Waals surface area contributed by atoms with Gasteiger partial charge in [-0.15, -0.1) is 0 Å². The van der Waals surface area contributed by atoms with E-state index < -0.39 is 9.84 Å². The molecule has 0 aromatic rings. The fourth-order valence-corrected chi connectivity index (χ4v) is 5.38. The molecule has 3 heterocycles. The third-order valence-electron chi connectivity index (χ3n) is 4.57. The van der Waals surface area contributed by atoms with E-state index in [2.05, 4.69) is 0 Å². The zero-order valence-corrected chi connectivity index (χ0v) is 12.3. The van der Waals surface area contributed by atoms with Gasteiger partial charge in [0.2, 0.25) is 11.8 Å². The zero-order valence-electron chi connectivity index (χ0n) is 11.5. The molecule has 0 radical (unpaired) electrons. The van der Waals surface area contributed by atoms with Crippen molar-refractivity contribution < 1.29 is 18.0 Å². The van der Waals surface area contributed by atoms with Crippen LogP contribution in [0.3, 0.4) is 0 Å². The highest BCUT2D eigenvalue weighted by Gasteiger charge is 2.40. The van der Waals surface area contributed by atoms with Crippen molar-refractivity contribution in [3.63, 3.8) is 0 Å². The molecule has 3 rings (SSSR count). The summed E-state index contributed by atoms with van der Waals surface area (Å²) in [6, 6.07) is -0.303. The number of sulfone groups is 1. The number of hydrogen-bond acceptors (Lipinski definition) is 4. The molecule has 20 heavy (non-hydrogen) atoms. The first kappa shape index (κ1) is 13.9. The summed E-state index contributed by atoms with van der Waals surface area (Å²) in [6.07, 6.45) is 2.62. The standard InChI is InChI=1S/C13H20N2O4S/c16-12-3-6-14(8-10-4-7-20(18,19)9-10)13(17)11-2-1-5-15(11)12/h10-11H,1-9H2. The van der Waals surface area contributed by atoms with Gasteiger partial charge in [0.1, 0.15) is 6.04 Å². The molecule has 3 fully saturated rings. The average molecular weight is 300 g/mol. The summed E-state index contributed by atoms with van der Waals surface area (Å²) in [7, 11) is -2.92. The fraction of sp³-hybridized carbons (Fsp3) is 0.846. The molecule has 6 nitrogen and oxygen atoms in total. The third kappa shape index (κ3) is 2.55. The Morgan fingerprint density at radius 2 is 1.95 bits per heavy atom. The average Bonchev–Trinajstić information content (AvgIpc) is 2.97. The van der Waals surface area contributed by atoms with Gasteiger partial charge in [-0.1, -0.05) is 0 Å². The van der Waals surface area contributed by atoms with Crippen LogP contribution in [0.25, 0.3) is 0 Å². The molecule has 3 aliphatic heterocycles. The van der Waals surface area contributed by atoms with Crippen LogP contribution in [0.15, 0.2) is 0 Å². The maximum atomic E-state index is 12.5. The molecule has 0 saturated carbocycles. The van der Waals surface area contributed by atoms with Gasteiger partial charge in [-0.25, -0.2) is 8.42 Å². The van der Waals surface area contributed by atoms with Crippen LogP contribution in [-0.2, 0) is 19.4 Å². The molecule has 3 aliphatic rings. The molecular formula is C13H20N2O4S. The van der Waals surface area contributed by atoms with Gasteiger partial charge in [0, 0.05) is 26.1 Å². The van der Waals surface area contributed by atoms with E-state index in [4.69, 9.17) is 0 Å². The van der Waals surface area contributed by atoms with Gasteiger partial charge in [0.25, 0.3) is 0 Å². The molecule has 0 spiro atoms. The summed E-state index contributed by atoms with van der Waals surface area (Å²) < 4.78 is 23.0. The maximum Gasteiger partial charge on any atom is 0.245 e. The quantitative estimate of drug-likeness (QED) is 0.698. The van der Waals surface area contributed by atoms with E-state index in [9.17, 15) is 18.0 Å². The highest BCUT2D eigenvalue weighted by Crippen LogP contribution is 2.26. The summed E-state index contributed by atoms with van der Waals surface area (Å²) in [5, 5.41) is 0. The second kappa shape index (κ2) is 5.02. The van der Waals surface area contributed by atoms with Crippen LogP contribution in [0, 0.1) is 5.92 Å². The van der Waals surface area contributed by atoms with Crippen molar-refractivity contribution >= 4 is 21.7 Å². The molecule has 2 amide bonds. The molecule has 0 bridgehead atoms. The molecule has 112 valence electrons. The Morgan fingerprint density at radius 1 is 1.15 bits per heavy atom. The van der Waals surface area contributed by atoms with E-state index in [1.807, 2.05) is 0 Å². The first-order chi connectivity index (χ1) is 9.46. The van der Waals surface area contributed by atoms with Gasteiger partial charge < -0.3 is 9.80 Å². The molecule has 2 unspecified atom stereocenters. The van der Waals surface area contributed by atoms with Gasteiger partial charge in [-0.2, -0.15) is 0 Å². The van der Waals surface area contributed by atoms with Crippen LogP contribution in [0.5, 0.6) is 0 Å². The highest BCUT2D eigenvalue weighted by molar-refractivity contribution is 7.91. The number of hydrogen-bond donors (Lipinski definition) is 0. The highest BCUT2D eigenvalue weighted by atomic mass is 32.2. The predicted octanol–water partition coefficient (Wildman–Crippen LogP) is -0.356. The van der Waals surface area contributed by atoms with Crippen molar-refractivity contribution in [2.45, 2.75) is 31.7 Å². The van der Waals surface area contributed by atoms with Crippen LogP contribution in [-0.4, -0.2) is 67.2 Å². The van der Waals surface area contributed by atoms with Crippen LogP contribution in [0.2, 0.25) is 0 Å². The van der Waals surface area contributed by atoms with E-state index in [1.54, 1.807) is 9.80 Å². The van der Waals surface area contributed by atoms with Crippen molar-refractivity contribution in [2.75, 3.05) is 31.1 Å². The van der Waals surface area contributed by atoms with Crippen molar-refractivity contribution in [1.82, 2.24) is 9.80 Å². The molecule has 2 atom stereocenters.